The number of hydrazone groups is 1. The van der Waals surface area contributed by atoms with Crippen molar-refractivity contribution < 1.29 is 9.53 Å². The number of aromatic nitrogens is 1. The van der Waals surface area contributed by atoms with Crippen molar-refractivity contribution in [2.75, 3.05) is 6.61 Å². The molecule has 0 radical (unpaired) electrons. The van der Waals surface area contributed by atoms with Gasteiger partial charge in [0, 0.05) is 4.47 Å². The van der Waals surface area contributed by atoms with Gasteiger partial charge < -0.3 is 4.74 Å². The van der Waals surface area contributed by atoms with E-state index in [1.807, 2.05) is 49.4 Å². The van der Waals surface area contributed by atoms with Gasteiger partial charge in [0.1, 0.15) is 10.9 Å². The maximum atomic E-state index is 12.2. The van der Waals surface area contributed by atoms with Crippen LogP contribution in [0.3, 0.4) is 0 Å². The Balaban J connectivity index is 1.58. The third-order valence-electron chi connectivity index (χ3n) is 3.84. The number of thiazole rings is 1. The highest BCUT2D eigenvalue weighted by Gasteiger charge is 2.12. The minimum Gasteiger partial charge on any atom is -0.484 e. The molecule has 6 nitrogen and oxygen atoms in total. The van der Waals surface area contributed by atoms with Crippen LogP contribution in [-0.4, -0.2) is 23.3 Å². The first-order chi connectivity index (χ1) is 13.9. The van der Waals surface area contributed by atoms with Crippen LogP contribution in [0.25, 0.3) is 0 Å². The largest absolute Gasteiger partial charge is 0.484 e. The lowest BCUT2D eigenvalue weighted by molar-refractivity contribution is -0.123. The van der Waals surface area contributed by atoms with Crippen LogP contribution in [0.5, 0.6) is 5.75 Å². The zero-order valence-electron chi connectivity index (χ0n) is 15.4. The van der Waals surface area contributed by atoms with Gasteiger partial charge in [-0.3, -0.25) is 14.2 Å². The molecule has 0 atom stereocenters. The summed E-state index contributed by atoms with van der Waals surface area (Å²) in [4.78, 5) is 24.4. The Labute approximate surface area is 184 Å². The molecule has 3 aromatic rings. The standard InChI is InChI=1S/C20H17BrClN3O3S/c1-13-3-2-4-16(9-13)28-12-18(26)24-23-10-17-19(22)25(20(27)29-17)11-14-5-7-15(21)8-6-14/h2-10H,11-12H2,1H3,(H,24,26). The first kappa shape index (κ1) is 21.3. The summed E-state index contributed by atoms with van der Waals surface area (Å²) in [5, 5.41) is 4.14. The van der Waals surface area contributed by atoms with E-state index in [0.29, 0.717) is 17.2 Å². The van der Waals surface area contributed by atoms with Gasteiger partial charge in [-0.2, -0.15) is 5.10 Å². The molecule has 3 rings (SSSR count). The van der Waals surface area contributed by atoms with Crippen molar-refractivity contribution >= 4 is 51.0 Å². The highest BCUT2D eigenvalue weighted by atomic mass is 79.9. The Hall–Kier alpha value is -2.42. The molecule has 1 heterocycles. The van der Waals surface area contributed by atoms with E-state index in [0.717, 1.165) is 26.9 Å². The minimum absolute atomic E-state index is 0.171. The van der Waals surface area contributed by atoms with Gasteiger partial charge >= 0.3 is 4.87 Å². The first-order valence-electron chi connectivity index (χ1n) is 8.57. The average Bonchev–Trinajstić information content (AvgIpc) is 2.96. The Morgan fingerprint density at radius 1 is 1.31 bits per heavy atom. The van der Waals surface area contributed by atoms with Crippen molar-refractivity contribution in [2.24, 2.45) is 5.10 Å². The summed E-state index contributed by atoms with van der Waals surface area (Å²) in [5.41, 5.74) is 4.35. The molecule has 0 fully saturated rings. The van der Waals surface area contributed by atoms with Crippen LogP contribution in [-0.2, 0) is 11.3 Å². The monoisotopic (exact) mass is 493 g/mol. The lowest BCUT2D eigenvalue weighted by atomic mass is 10.2. The second-order valence-electron chi connectivity index (χ2n) is 6.13. The summed E-state index contributed by atoms with van der Waals surface area (Å²) in [6.45, 7) is 2.12. The number of rotatable bonds is 7. The molecule has 1 amide bonds. The first-order valence-corrected chi connectivity index (χ1v) is 10.6. The van der Waals surface area contributed by atoms with Gasteiger partial charge in [0.05, 0.1) is 17.6 Å². The van der Waals surface area contributed by atoms with Crippen LogP contribution in [0.15, 0.2) is 62.9 Å². The van der Waals surface area contributed by atoms with E-state index >= 15 is 0 Å². The Bertz CT molecular complexity index is 1090. The average molecular weight is 495 g/mol. The van der Waals surface area contributed by atoms with Crippen LogP contribution in [0.2, 0.25) is 5.15 Å². The van der Waals surface area contributed by atoms with Gasteiger partial charge in [-0.05, 0) is 42.3 Å². The van der Waals surface area contributed by atoms with E-state index in [2.05, 4.69) is 26.5 Å². The van der Waals surface area contributed by atoms with Crippen molar-refractivity contribution in [1.82, 2.24) is 9.99 Å². The maximum Gasteiger partial charge on any atom is 0.309 e. The highest BCUT2D eigenvalue weighted by Crippen LogP contribution is 2.19. The number of carbonyl (C=O) groups excluding carboxylic acids is 1. The van der Waals surface area contributed by atoms with E-state index < -0.39 is 5.91 Å². The molecule has 0 unspecified atom stereocenters. The van der Waals surface area contributed by atoms with E-state index in [9.17, 15) is 9.59 Å². The molecule has 0 aliphatic rings. The van der Waals surface area contributed by atoms with Gasteiger partial charge in [-0.25, -0.2) is 5.43 Å². The number of aryl methyl sites for hydroxylation is 1. The summed E-state index contributed by atoms with van der Waals surface area (Å²) in [6.07, 6.45) is 1.36. The molecule has 0 saturated carbocycles. The SMILES string of the molecule is Cc1cccc(OCC(=O)NN=Cc2sc(=O)n(Cc3ccc(Br)cc3)c2Cl)c1. The number of nitrogens with zero attached hydrogens (tertiary/aromatic N) is 2. The smallest absolute Gasteiger partial charge is 0.309 e. The lowest BCUT2D eigenvalue weighted by Gasteiger charge is -2.05. The summed E-state index contributed by atoms with van der Waals surface area (Å²) in [5.74, 6) is 0.191. The van der Waals surface area contributed by atoms with Crippen LogP contribution in [0.1, 0.15) is 16.0 Å². The van der Waals surface area contributed by atoms with Crippen LogP contribution < -0.4 is 15.0 Å². The van der Waals surface area contributed by atoms with Crippen molar-refractivity contribution in [3.63, 3.8) is 0 Å². The fraction of sp³-hybridized carbons (Fsp3) is 0.150. The number of ether oxygens (including phenoxy) is 1. The topological polar surface area (TPSA) is 72.7 Å². The molecule has 1 N–H and O–H groups in total. The fourth-order valence-electron chi connectivity index (χ4n) is 2.44. The van der Waals surface area contributed by atoms with Crippen molar-refractivity contribution in [1.29, 1.82) is 0 Å². The number of hydrogen-bond acceptors (Lipinski definition) is 5. The minimum atomic E-state index is -0.416. The molecule has 29 heavy (non-hydrogen) atoms. The van der Waals surface area contributed by atoms with Crippen LogP contribution in [0.4, 0.5) is 0 Å². The lowest BCUT2D eigenvalue weighted by Crippen LogP contribution is -2.24. The van der Waals surface area contributed by atoms with Gasteiger partial charge in [0.25, 0.3) is 5.91 Å². The molecule has 1 aromatic heterocycles. The second-order valence-corrected chi connectivity index (χ2v) is 8.40. The van der Waals surface area contributed by atoms with E-state index in [4.69, 9.17) is 16.3 Å². The van der Waals surface area contributed by atoms with E-state index in [1.165, 1.54) is 10.8 Å². The molecule has 0 spiro atoms. The number of carbonyl (C=O) groups is 1. The van der Waals surface area contributed by atoms with Crippen LogP contribution >= 0.6 is 38.9 Å². The highest BCUT2D eigenvalue weighted by molar-refractivity contribution is 9.10. The number of amides is 1. The summed E-state index contributed by atoms with van der Waals surface area (Å²) in [7, 11) is 0. The third kappa shape index (κ3) is 6.03. The molecule has 0 aliphatic heterocycles. The quantitative estimate of drug-likeness (QED) is 0.395. The fourth-order valence-corrected chi connectivity index (χ4v) is 3.81. The van der Waals surface area contributed by atoms with E-state index in [-0.39, 0.29) is 16.6 Å². The Morgan fingerprint density at radius 2 is 2.07 bits per heavy atom. The van der Waals surface area contributed by atoms with Gasteiger partial charge in [-0.1, -0.05) is 63.1 Å². The molecule has 150 valence electrons. The molecule has 9 heteroatoms. The zero-order chi connectivity index (χ0) is 20.8. The van der Waals surface area contributed by atoms with Crippen molar-refractivity contribution in [2.45, 2.75) is 13.5 Å². The predicted molar refractivity (Wildman–Crippen MR) is 119 cm³/mol. The second kappa shape index (κ2) is 9.87. The number of hydrogen-bond donors (Lipinski definition) is 1. The van der Waals surface area contributed by atoms with Gasteiger partial charge in [0.15, 0.2) is 6.61 Å². The Morgan fingerprint density at radius 3 is 2.79 bits per heavy atom. The van der Waals surface area contributed by atoms with E-state index in [1.54, 1.807) is 6.07 Å². The molecule has 0 aliphatic carbocycles. The number of nitrogens with one attached hydrogen (secondary N) is 1. The normalized spacial score (nSPS) is 11.0. The summed E-state index contributed by atoms with van der Waals surface area (Å²) in [6, 6.07) is 15.0. The third-order valence-corrected chi connectivity index (χ3v) is 5.80. The summed E-state index contributed by atoms with van der Waals surface area (Å²) < 4.78 is 7.82. The van der Waals surface area contributed by atoms with Crippen molar-refractivity contribution in [3.8, 4) is 5.75 Å². The van der Waals surface area contributed by atoms with Crippen LogP contribution in [0, 0.1) is 6.92 Å². The number of benzene rings is 2. The zero-order valence-corrected chi connectivity index (χ0v) is 18.6. The molecule has 0 saturated heterocycles. The van der Waals surface area contributed by atoms with Gasteiger partial charge in [0.2, 0.25) is 0 Å². The summed E-state index contributed by atoms with van der Waals surface area (Å²) >= 11 is 10.7. The molecule has 2 aromatic carbocycles. The number of halogens is 2. The molecule has 0 bridgehead atoms. The maximum absolute atomic E-state index is 12.2. The Kier molecular flexibility index (Phi) is 7.24. The predicted octanol–water partition coefficient (Wildman–Crippen LogP) is 4.21. The molecular formula is C20H17BrClN3O3S. The van der Waals surface area contributed by atoms with Crippen molar-refractivity contribution in [3.05, 3.63) is 83.8 Å². The molecular weight excluding hydrogens is 478 g/mol. The van der Waals surface area contributed by atoms with Gasteiger partial charge in [-0.15, -0.1) is 0 Å².